The van der Waals surface area contributed by atoms with Gasteiger partial charge in [0, 0.05) is 23.5 Å². The molecular weight excluding hydrogens is 589 g/mol. The molecule has 3 heteroatoms. The molecule has 1 aliphatic heterocycles. The molecule has 5 aromatic rings. The normalized spacial score (nSPS) is 18.3. The van der Waals surface area contributed by atoms with Crippen molar-refractivity contribution in [1.29, 1.82) is 0 Å². The minimum absolute atomic E-state index is 0.297. The van der Waals surface area contributed by atoms with Crippen LogP contribution in [-0.4, -0.2) is 17.3 Å². The van der Waals surface area contributed by atoms with Crippen molar-refractivity contribution in [3.63, 3.8) is 0 Å². The summed E-state index contributed by atoms with van der Waals surface area (Å²) in [6, 6.07) is 54.1. The topological polar surface area (TPSA) is 15.3 Å². The van der Waals surface area contributed by atoms with E-state index in [0.29, 0.717) is 18.0 Å². The summed E-state index contributed by atoms with van der Waals surface area (Å²) in [7, 11) is 0. The van der Waals surface area contributed by atoms with Crippen LogP contribution < -0.4 is 5.32 Å². The Morgan fingerprint density at radius 1 is 0.660 bits per heavy atom. The molecule has 0 radical (unpaired) electrons. The lowest BCUT2D eigenvalue weighted by molar-refractivity contribution is 0.217. The van der Waals surface area contributed by atoms with Gasteiger partial charge in [-0.05, 0) is 65.1 Å². The molecule has 5 aromatic carbocycles. The number of nitrogens with zero attached hydrogens (tertiary/aromatic N) is 1. The number of thioether (sulfide) groups is 1. The van der Waals surface area contributed by atoms with Crippen LogP contribution in [0.15, 0.2) is 150 Å². The van der Waals surface area contributed by atoms with Crippen LogP contribution >= 0.6 is 11.8 Å². The third-order valence-electron chi connectivity index (χ3n) is 10.2. The molecule has 2 nitrogen and oxygen atoms in total. The largest absolute Gasteiger partial charge is 0.303 e. The first-order valence-electron chi connectivity index (χ1n) is 17.4. The van der Waals surface area contributed by atoms with Gasteiger partial charge in [0.25, 0.3) is 0 Å². The van der Waals surface area contributed by atoms with Crippen LogP contribution in [0.4, 0.5) is 0 Å². The van der Waals surface area contributed by atoms with Crippen LogP contribution in [0.3, 0.4) is 0 Å². The quantitative estimate of drug-likeness (QED) is 0.154. The molecular formula is C44H46N2S. The molecule has 1 saturated carbocycles. The Morgan fingerprint density at radius 2 is 1.19 bits per heavy atom. The SMILES string of the molecule is C[C@@H](NC(c1cccc(C=C2CN(C(c3ccccc3)(c3ccccc3)c3ccccc3)CS2)c1)C1CCCCC1)c1ccccc1. The van der Waals surface area contributed by atoms with E-state index in [4.69, 9.17) is 0 Å². The standard InChI is InChI=1S/C44H46N2S/c1-34(36-19-7-2-8-20-36)45-43(37-21-9-3-10-22-37)38-23-17-18-35(30-38)31-42-32-46(33-47-42)44(39-24-11-4-12-25-39,40-26-13-5-14-27-40)41-28-15-6-16-29-41/h2,4-8,11-20,23-31,34,37,43,45H,3,9-10,21-22,32-33H2,1H3/t34-,43?/m1/s1. The summed E-state index contributed by atoms with van der Waals surface area (Å²) in [5.74, 6) is 1.59. The van der Waals surface area contributed by atoms with E-state index < -0.39 is 5.54 Å². The highest BCUT2D eigenvalue weighted by Gasteiger charge is 2.44. The van der Waals surface area contributed by atoms with Gasteiger partial charge in [0.15, 0.2) is 0 Å². The van der Waals surface area contributed by atoms with Gasteiger partial charge >= 0.3 is 0 Å². The first-order chi connectivity index (χ1) is 23.2. The van der Waals surface area contributed by atoms with E-state index in [0.717, 1.165) is 12.4 Å². The van der Waals surface area contributed by atoms with Gasteiger partial charge in [-0.15, -0.1) is 11.8 Å². The van der Waals surface area contributed by atoms with E-state index in [9.17, 15) is 0 Å². The predicted octanol–water partition coefficient (Wildman–Crippen LogP) is 11.0. The lowest BCUT2D eigenvalue weighted by Crippen LogP contribution is -2.46. The van der Waals surface area contributed by atoms with Crippen molar-refractivity contribution in [1.82, 2.24) is 10.2 Å². The number of benzene rings is 5. The van der Waals surface area contributed by atoms with E-state index in [-0.39, 0.29) is 0 Å². The molecule has 0 amide bonds. The number of hydrogen-bond donors (Lipinski definition) is 1. The van der Waals surface area contributed by atoms with Gasteiger partial charge in [0.05, 0.1) is 11.4 Å². The van der Waals surface area contributed by atoms with Gasteiger partial charge in [-0.3, -0.25) is 4.90 Å². The van der Waals surface area contributed by atoms with Gasteiger partial charge in [0.2, 0.25) is 0 Å². The maximum Gasteiger partial charge on any atom is 0.0982 e. The van der Waals surface area contributed by atoms with Gasteiger partial charge in [-0.25, -0.2) is 0 Å². The summed E-state index contributed by atoms with van der Waals surface area (Å²) in [6.45, 7) is 3.21. The summed E-state index contributed by atoms with van der Waals surface area (Å²) in [6.07, 6.45) is 9.09. The second-order valence-electron chi connectivity index (χ2n) is 13.2. The Morgan fingerprint density at radius 3 is 1.77 bits per heavy atom. The maximum atomic E-state index is 4.09. The molecule has 7 rings (SSSR count). The lowest BCUT2D eigenvalue weighted by atomic mass is 9.75. The zero-order valence-corrected chi connectivity index (χ0v) is 28.3. The molecule has 238 valence electrons. The predicted molar refractivity (Wildman–Crippen MR) is 200 cm³/mol. The molecule has 2 aliphatic rings. The van der Waals surface area contributed by atoms with Gasteiger partial charge < -0.3 is 5.32 Å². The second kappa shape index (κ2) is 14.9. The fourth-order valence-electron chi connectivity index (χ4n) is 7.94. The Kier molecular flexibility index (Phi) is 10.0. The molecule has 0 bridgehead atoms. The molecule has 1 heterocycles. The smallest absolute Gasteiger partial charge is 0.0982 e. The molecule has 0 spiro atoms. The first kappa shape index (κ1) is 31.7. The van der Waals surface area contributed by atoms with Crippen molar-refractivity contribution in [2.24, 2.45) is 5.92 Å². The van der Waals surface area contributed by atoms with Crippen LogP contribution in [0.25, 0.3) is 6.08 Å². The summed E-state index contributed by atoms with van der Waals surface area (Å²) in [4.78, 5) is 4.08. The van der Waals surface area contributed by atoms with Crippen LogP contribution in [0.1, 0.15) is 84.5 Å². The van der Waals surface area contributed by atoms with Crippen molar-refractivity contribution in [3.8, 4) is 0 Å². The molecule has 0 aromatic heterocycles. The van der Waals surface area contributed by atoms with Crippen molar-refractivity contribution in [2.45, 2.75) is 56.7 Å². The van der Waals surface area contributed by atoms with Crippen molar-refractivity contribution in [3.05, 3.63) is 184 Å². The summed E-state index contributed by atoms with van der Waals surface area (Å²) < 4.78 is 0. The van der Waals surface area contributed by atoms with Crippen LogP contribution in [-0.2, 0) is 5.54 Å². The van der Waals surface area contributed by atoms with Crippen LogP contribution in [0.5, 0.6) is 0 Å². The number of rotatable bonds is 10. The van der Waals surface area contributed by atoms with Crippen molar-refractivity contribution in [2.75, 3.05) is 12.4 Å². The first-order valence-corrected chi connectivity index (χ1v) is 18.4. The average molecular weight is 635 g/mol. The molecule has 2 atom stereocenters. The molecule has 1 N–H and O–H groups in total. The van der Waals surface area contributed by atoms with E-state index in [1.165, 1.54) is 70.4 Å². The van der Waals surface area contributed by atoms with Crippen LogP contribution in [0, 0.1) is 5.92 Å². The summed E-state index contributed by atoms with van der Waals surface area (Å²) >= 11 is 1.98. The highest BCUT2D eigenvalue weighted by atomic mass is 32.2. The number of hydrogen-bond acceptors (Lipinski definition) is 3. The van der Waals surface area contributed by atoms with E-state index in [2.05, 4.69) is 169 Å². The molecule has 1 saturated heterocycles. The van der Waals surface area contributed by atoms with Gasteiger partial charge in [-0.1, -0.05) is 165 Å². The highest BCUT2D eigenvalue weighted by Crippen LogP contribution is 2.47. The van der Waals surface area contributed by atoms with Gasteiger partial charge in [-0.2, -0.15) is 0 Å². The molecule has 47 heavy (non-hydrogen) atoms. The Labute approximate surface area is 286 Å². The van der Waals surface area contributed by atoms with E-state index in [1.54, 1.807) is 0 Å². The lowest BCUT2D eigenvalue weighted by Gasteiger charge is -2.43. The average Bonchev–Trinajstić information content (AvgIpc) is 3.61. The second-order valence-corrected chi connectivity index (χ2v) is 14.3. The molecule has 1 aliphatic carbocycles. The summed E-state index contributed by atoms with van der Waals surface area (Å²) in [5.41, 5.74) is 7.58. The van der Waals surface area contributed by atoms with Crippen LogP contribution in [0.2, 0.25) is 0 Å². The minimum atomic E-state index is -0.391. The molecule has 2 fully saturated rings. The van der Waals surface area contributed by atoms with E-state index >= 15 is 0 Å². The zero-order valence-electron chi connectivity index (χ0n) is 27.5. The third-order valence-corrected chi connectivity index (χ3v) is 11.3. The van der Waals surface area contributed by atoms with Gasteiger partial charge in [0.1, 0.15) is 0 Å². The van der Waals surface area contributed by atoms with E-state index in [1.807, 2.05) is 11.8 Å². The fourth-order valence-corrected chi connectivity index (χ4v) is 9.01. The number of nitrogens with one attached hydrogen (secondary N) is 1. The Hall–Kier alpha value is -3.89. The summed E-state index contributed by atoms with van der Waals surface area (Å²) in [5, 5.41) is 4.09. The zero-order chi connectivity index (χ0) is 31.9. The van der Waals surface area contributed by atoms with Crippen molar-refractivity contribution >= 4 is 17.8 Å². The molecule has 1 unspecified atom stereocenters. The van der Waals surface area contributed by atoms with Crippen molar-refractivity contribution < 1.29 is 0 Å². The third kappa shape index (κ3) is 6.90. The Balaban J connectivity index is 1.21. The Bertz CT molecular complexity index is 1630. The minimum Gasteiger partial charge on any atom is -0.303 e. The monoisotopic (exact) mass is 634 g/mol. The maximum absolute atomic E-state index is 4.09. The highest BCUT2D eigenvalue weighted by molar-refractivity contribution is 8.03. The fraction of sp³-hybridized carbons (Fsp3) is 0.273.